The maximum Gasteiger partial charge on any atom is 0.310 e. The normalized spacial score (nSPS) is 29.8. The number of nitrogens with zero attached hydrogens (tertiary/aromatic N) is 2. The molecule has 3 aliphatic rings. The van der Waals surface area contributed by atoms with Gasteiger partial charge in [0.15, 0.2) is 0 Å². The van der Waals surface area contributed by atoms with Gasteiger partial charge in [0.25, 0.3) is 0 Å². The third kappa shape index (κ3) is 5.46. The van der Waals surface area contributed by atoms with Crippen molar-refractivity contribution in [3.05, 3.63) is 61.2 Å². The van der Waals surface area contributed by atoms with E-state index in [0.29, 0.717) is 25.9 Å². The van der Waals surface area contributed by atoms with Crippen molar-refractivity contribution in [1.82, 2.24) is 9.80 Å². The summed E-state index contributed by atoms with van der Waals surface area (Å²) in [7, 11) is 0. The highest BCUT2D eigenvalue weighted by Crippen LogP contribution is 2.68. The average Bonchev–Trinajstić information content (AvgIpc) is 3.50. The lowest BCUT2D eigenvalue weighted by atomic mass is 9.71. The lowest BCUT2D eigenvalue weighted by molar-refractivity contribution is -0.154. The van der Waals surface area contributed by atoms with Gasteiger partial charge < -0.3 is 19.6 Å². The minimum Gasteiger partial charge on any atom is -0.465 e. The Morgan fingerprint density at radius 3 is 2.62 bits per heavy atom. The predicted molar refractivity (Wildman–Crippen MR) is 157 cm³/mol. The molecule has 3 saturated heterocycles. The minimum absolute atomic E-state index is 0.0406. The molecule has 0 radical (unpaired) electrons. The van der Waals surface area contributed by atoms with Crippen molar-refractivity contribution in [2.45, 2.75) is 66.6 Å². The van der Waals surface area contributed by atoms with Crippen LogP contribution in [0.25, 0.3) is 0 Å². The number of likely N-dealkylation sites (tertiary alicyclic amines) is 1. The first-order valence-corrected chi connectivity index (χ1v) is 15.5. The molecule has 0 aromatic heterocycles. The molecule has 2 amide bonds. The number of ether oxygens (including phenoxy) is 1. The topological polar surface area (TPSA) is 87.2 Å². The van der Waals surface area contributed by atoms with Crippen molar-refractivity contribution in [2.24, 2.45) is 17.8 Å². The number of hydrogen-bond acceptors (Lipinski definition) is 6. The maximum absolute atomic E-state index is 14.5. The first-order chi connectivity index (χ1) is 18.7. The van der Waals surface area contributed by atoms with Crippen LogP contribution in [0.4, 0.5) is 0 Å². The first kappa shape index (κ1) is 29.9. The summed E-state index contributed by atoms with van der Waals surface area (Å²) < 4.78 is 4.87. The number of alkyl halides is 1. The molecule has 2 bridgehead atoms. The molecule has 3 aliphatic heterocycles. The van der Waals surface area contributed by atoms with Crippen molar-refractivity contribution in [3.63, 3.8) is 0 Å². The van der Waals surface area contributed by atoms with E-state index in [1.165, 1.54) is 0 Å². The summed E-state index contributed by atoms with van der Waals surface area (Å²) in [4.78, 5) is 45.6. The number of carbonyl (C=O) groups is 3. The molecule has 1 spiro atoms. The molecule has 212 valence electrons. The van der Waals surface area contributed by atoms with Gasteiger partial charge in [0.2, 0.25) is 11.8 Å². The number of halogens is 1. The van der Waals surface area contributed by atoms with E-state index in [2.05, 4.69) is 29.1 Å². The van der Waals surface area contributed by atoms with E-state index in [1.54, 1.807) is 33.7 Å². The highest BCUT2D eigenvalue weighted by molar-refractivity contribution is 9.09. The SMILES string of the molecule is C=CCCCOC(=O)[C@H]1[C@@H]2SC3(CC2Br)C(C(=O)N(CC=C)Cc2ccccc2)N([C@@H](CO)C(C)C)C(=O)[C@H]13. The second-order valence-corrected chi connectivity index (χ2v) is 13.7. The van der Waals surface area contributed by atoms with Gasteiger partial charge in [-0.25, -0.2) is 0 Å². The number of rotatable bonds is 13. The van der Waals surface area contributed by atoms with E-state index < -0.39 is 28.7 Å². The number of aliphatic hydroxyl groups is 1. The second-order valence-electron chi connectivity index (χ2n) is 11.0. The predicted octanol–water partition coefficient (Wildman–Crippen LogP) is 4.19. The molecule has 9 heteroatoms. The van der Waals surface area contributed by atoms with E-state index in [-0.39, 0.29) is 47.0 Å². The van der Waals surface area contributed by atoms with Crippen molar-refractivity contribution in [3.8, 4) is 0 Å². The minimum atomic E-state index is -0.813. The molecule has 3 fully saturated rings. The largest absolute Gasteiger partial charge is 0.465 e. The molecular weight excluding hydrogens is 580 g/mol. The van der Waals surface area contributed by atoms with E-state index in [0.717, 1.165) is 12.0 Å². The zero-order chi connectivity index (χ0) is 28.3. The molecule has 3 unspecified atom stereocenters. The van der Waals surface area contributed by atoms with Gasteiger partial charge in [-0.3, -0.25) is 14.4 Å². The summed E-state index contributed by atoms with van der Waals surface area (Å²) in [5.74, 6) is -2.22. The Balaban J connectivity index is 1.74. The van der Waals surface area contributed by atoms with Crippen LogP contribution in [0.15, 0.2) is 55.6 Å². The van der Waals surface area contributed by atoms with Gasteiger partial charge in [-0.2, -0.15) is 0 Å². The number of unbranched alkanes of at least 4 members (excludes halogenated alkanes) is 1. The van der Waals surface area contributed by atoms with Crippen molar-refractivity contribution < 1.29 is 24.2 Å². The quantitative estimate of drug-likeness (QED) is 0.154. The number of fused-ring (bicyclic) bond motifs is 1. The van der Waals surface area contributed by atoms with Gasteiger partial charge in [0.1, 0.15) is 6.04 Å². The van der Waals surface area contributed by atoms with Crippen molar-refractivity contribution in [2.75, 3.05) is 19.8 Å². The maximum atomic E-state index is 14.5. The lowest BCUT2D eigenvalue weighted by Gasteiger charge is -2.41. The molecule has 7 nitrogen and oxygen atoms in total. The molecule has 0 aliphatic carbocycles. The summed E-state index contributed by atoms with van der Waals surface area (Å²) in [6.07, 6.45) is 5.46. The van der Waals surface area contributed by atoms with Crippen LogP contribution in [0.2, 0.25) is 0 Å². The summed E-state index contributed by atoms with van der Waals surface area (Å²) in [6, 6.07) is 8.37. The average molecular weight is 620 g/mol. The van der Waals surface area contributed by atoms with Crippen LogP contribution in [0.1, 0.15) is 38.7 Å². The molecule has 4 rings (SSSR count). The molecule has 39 heavy (non-hydrogen) atoms. The van der Waals surface area contributed by atoms with Crippen LogP contribution >= 0.6 is 27.7 Å². The number of benzene rings is 1. The summed E-state index contributed by atoms with van der Waals surface area (Å²) in [6.45, 7) is 12.2. The number of amides is 2. The molecule has 1 N–H and O–H groups in total. The molecule has 1 aromatic rings. The Morgan fingerprint density at radius 1 is 1.28 bits per heavy atom. The Labute approximate surface area is 244 Å². The van der Waals surface area contributed by atoms with E-state index >= 15 is 0 Å². The molecule has 3 heterocycles. The number of thioether (sulfide) groups is 1. The van der Waals surface area contributed by atoms with Gasteiger partial charge in [-0.1, -0.05) is 72.3 Å². The molecular formula is C30H39BrN2O5S. The number of hydrogen-bond donors (Lipinski definition) is 1. The number of carbonyl (C=O) groups excluding carboxylic acids is 3. The Morgan fingerprint density at radius 2 is 2.00 bits per heavy atom. The fourth-order valence-corrected chi connectivity index (χ4v) is 10.0. The Kier molecular flexibility index (Phi) is 9.65. The number of esters is 1. The Hall–Kier alpha value is -2.10. The molecule has 7 atom stereocenters. The summed E-state index contributed by atoms with van der Waals surface area (Å²) in [5, 5.41) is 10.3. The highest BCUT2D eigenvalue weighted by Gasteiger charge is 2.76. The third-order valence-corrected chi connectivity index (χ3v) is 11.4. The highest BCUT2D eigenvalue weighted by atomic mass is 79.9. The van der Waals surface area contributed by atoms with E-state index in [9.17, 15) is 19.5 Å². The molecule has 1 aromatic carbocycles. The van der Waals surface area contributed by atoms with Crippen molar-refractivity contribution in [1.29, 1.82) is 0 Å². The fraction of sp³-hybridized carbons (Fsp3) is 0.567. The standard InChI is InChI=1S/C30H39BrN2O5S/c1-5-7-11-15-38-29(37)23-24-27(35)33(22(18-34)19(3)4)26(30(24)16-21(31)25(23)39-30)28(36)32(14-6-2)17-20-12-9-8-10-13-20/h5-6,8-10,12-13,19,21-26,34H,1-2,7,11,14-18H2,3-4H3/t21?,22-,23+,24-,25+,26?,30?/m0/s1. The van der Waals surface area contributed by atoms with Crippen molar-refractivity contribution >= 4 is 45.5 Å². The number of allylic oxidation sites excluding steroid dienone is 1. The first-order valence-electron chi connectivity index (χ1n) is 13.7. The third-order valence-electron chi connectivity index (χ3n) is 8.22. The fourth-order valence-electron chi connectivity index (χ4n) is 6.46. The lowest BCUT2D eigenvalue weighted by Crippen LogP contribution is -2.58. The van der Waals surface area contributed by atoms with Gasteiger partial charge >= 0.3 is 5.97 Å². The van der Waals surface area contributed by atoms with Crippen LogP contribution in [0.5, 0.6) is 0 Å². The van der Waals surface area contributed by atoms with Gasteiger partial charge in [-0.15, -0.1) is 24.9 Å². The second kappa shape index (κ2) is 12.6. The van der Waals surface area contributed by atoms with E-state index in [4.69, 9.17) is 4.74 Å². The van der Waals surface area contributed by atoms with Crippen LogP contribution in [-0.4, -0.2) is 79.4 Å². The van der Waals surface area contributed by atoms with Crippen LogP contribution in [0, 0.1) is 17.8 Å². The van der Waals surface area contributed by atoms with Crippen LogP contribution in [0.3, 0.4) is 0 Å². The zero-order valence-corrected chi connectivity index (χ0v) is 25.1. The van der Waals surface area contributed by atoms with Gasteiger partial charge in [-0.05, 0) is 30.7 Å². The van der Waals surface area contributed by atoms with Gasteiger partial charge in [0.05, 0.1) is 35.8 Å². The summed E-state index contributed by atoms with van der Waals surface area (Å²) >= 11 is 5.37. The monoisotopic (exact) mass is 618 g/mol. The molecule has 0 saturated carbocycles. The number of aliphatic hydroxyl groups excluding tert-OH is 1. The Bertz CT molecular complexity index is 1080. The smallest absolute Gasteiger partial charge is 0.310 e. The van der Waals surface area contributed by atoms with E-state index in [1.807, 2.05) is 44.2 Å². The van der Waals surface area contributed by atoms with Gasteiger partial charge in [0, 0.05) is 23.2 Å². The van der Waals surface area contributed by atoms with Crippen LogP contribution in [-0.2, 0) is 25.7 Å². The summed E-state index contributed by atoms with van der Waals surface area (Å²) in [5.41, 5.74) is 0.975. The van der Waals surface area contributed by atoms with Crippen LogP contribution < -0.4 is 0 Å². The zero-order valence-electron chi connectivity index (χ0n) is 22.7.